The Labute approximate surface area is 150 Å². The van der Waals surface area contributed by atoms with Crippen molar-refractivity contribution in [1.29, 1.82) is 0 Å². The van der Waals surface area contributed by atoms with Crippen molar-refractivity contribution in [2.24, 2.45) is 5.92 Å². The van der Waals surface area contributed by atoms with Gasteiger partial charge >= 0.3 is 0 Å². The minimum Gasteiger partial charge on any atom is -0.355 e. The van der Waals surface area contributed by atoms with E-state index in [-0.39, 0.29) is 36.4 Å². The summed E-state index contributed by atoms with van der Waals surface area (Å²) in [6.45, 7) is 0.0910. The molecule has 1 heterocycles. The molecule has 2 aromatic rings. The maximum Gasteiger partial charge on any atom is 0.253 e. The Morgan fingerprint density at radius 1 is 1.12 bits per heavy atom. The highest BCUT2D eigenvalue weighted by Gasteiger charge is 2.36. The molecule has 0 unspecified atom stereocenters. The first kappa shape index (κ1) is 17.6. The lowest BCUT2D eigenvalue weighted by Gasteiger charge is -2.17. The summed E-state index contributed by atoms with van der Waals surface area (Å²) in [5.74, 6) is -2.15. The van der Waals surface area contributed by atoms with Gasteiger partial charge in [-0.1, -0.05) is 24.3 Å². The molecule has 0 radical (unpaired) electrons. The Morgan fingerprint density at radius 2 is 1.81 bits per heavy atom. The van der Waals surface area contributed by atoms with Gasteiger partial charge in [0.1, 0.15) is 5.82 Å². The number of para-hydroxylation sites is 2. The van der Waals surface area contributed by atoms with Crippen LogP contribution in [0.1, 0.15) is 16.8 Å². The van der Waals surface area contributed by atoms with Crippen LogP contribution >= 0.6 is 0 Å². The topological polar surface area (TPSA) is 78.5 Å². The molecule has 2 aromatic carbocycles. The minimum atomic E-state index is -0.625. The van der Waals surface area contributed by atoms with Gasteiger partial charge in [0.15, 0.2) is 0 Å². The number of carbonyl (C=O) groups is 3. The van der Waals surface area contributed by atoms with Crippen LogP contribution in [0.2, 0.25) is 0 Å². The maximum atomic E-state index is 13.9. The number of carbonyl (C=O) groups excluding carboxylic acids is 3. The second-order valence-corrected chi connectivity index (χ2v) is 5.97. The van der Waals surface area contributed by atoms with Crippen molar-refractivity contribution < 1.29 is 18.8 Å². The van der Waals surface area contributed by atoms with Crippen LogP contribution in [0.5, 0.6) is 0 Å². The van der Waals surface area contributed by atoms with E-state index in [9.17, 15) is 18.8 Å². The second kappa shape index (κ2) is 7.35. The third kappa shape index (κ3) is 3.42. The number of rotatable bonds is 4. The summed E-state index contributed by atoms with van der Waals surface area (Å²) in [7, 11) is 1.50. The number of nitrogens with one attached hydrogen (secondary N) is 2. The fourth-order valence-corrected chi connectivity index (χ4v) is 2.95. The highest BCUT2D eigenvalue weighted by Crippen LogP contribution is 2.28. The van der Waals surface area contributed by atoms with Crippen molar-refractivity contribution in [3.05, 3.63) is 59.9 Å². The Morgan fingerprint density at radius 3 is 2.54 bits per heavy atom. The number of benzene rings is 2. The molecule has 2 N–H and O–H groups in total. The Hall–Kier alpha value is -3.22. The minimum absolute atomic E-state index is 0.0116. The molecule has 26 heavy (non-hydrogen) atoms. The molecule has 1 aliphatic rings. The van der Waals surface area contributed by atoms with E-state index in [0.29, 0.717) is 11.3 Å². The standard InChI is InChI=1S/C19H18FN3O3/c1-21-19(26)13-6-2-4-8-15(13)22-18(25)12-10-17(24)23(11-12)16-9-5-3-7-14(16)20/h2-9,12H,10-11H2,1H3,(H,21,26)(H,22,25)/t12-/m1/s1. The molecule has 6 nitrogen and oxygen atoms in total. The number of amides is 3. The Balaban J connectivity index is 1.76. The zero-order chi connectivity index (χ0) is 18.7. The number of anilines is 2. The van der Waals surface area contributed by atoms with Gasteiger partial charge in [-0.05, 0) is 24.3 Å². The van der Waals surface area contributed by atoms with Gasteiger partial charge in [0.2, 0.25) is 11.8 Å². The monoisotopic (exact) mass is 355 g/mol. The quantitative estimate of drug-likeness (QED) is 0.882. The zero-order valence-electron chi connectivity index (χ0n) is 14.2. The summed E-state index contributed by atoms with van der Waals surface area (Å²) in [6, 6.07) is 12.6. The van der Waals surface area contributed by atoms with E-state index >= 15 is 0 Å². The predicted octanol–water partition coefficient (Wildman–Crippen LogP) is 2.18. The van der Waals surface area contributed by atoms with E-state index in [1.54, 1.807) is 36.4 Å². The largest absolute Gasteiger partial charge is 0.355 e. The fraction of sp³-hybridized carbons (Fsp3) is 0.211. The van der Waals surface area contributed by atoms with Crippen molar-refractivity contribution in [3.8, 4) is 0 Å². The molecule has 3 rings (SSSR count). The molecule has 134 valence electrons. The van der Waals surface area contributed by atoms with Crippen molar-refractivity contribution in [3.63, 3.8) is 0 Å². The summed E-state index contributed by atoms with van der Waals surface area (Å²) >= 11 is 0. The van der Waals surface area contributed by atoms with Crippen LogP contribution in [0.4, 0.5) is 15.8 Å². The molecule has 0 spiro atoms. The second-order valence-electron chi connectivity index (χ2n) is 5.97. The number of hydrogen-bond donors (Lipinski definition) is 2. The summed E-state index contributed by atoms with van der Waals surface area (Å²) in [6.07, 6.45) is -0.0116. The molecule has 3 amide bonds. The van der Waals surface area contributed by atoms with Crippen LogP contribution in [0.15, 0.2) is 48.5 Å². The van der Waals surface area contributed by atoms with Crippen molar-refractivity contribution >= 4 is 29.1 Å². The van der Waals surface area contributed by atoms with Crippen molar-refractivity contribution in [1.82, 2.24) is 5.32 Å². The summed E-state index contributed by atoms with van der Waals surface area (Å²) in [5, 5.41) is 5.21. The van der Waals surface area contributed by atoms with Crippen LogP contribution in [-0.4, -0.2) is 31.3 Å². The summed E-state index contributed by atoms with van der Waals surface area (Å²) in [5.41, 5.74) is 0.867. The molecule has 1 fully saturated rings. The average molecular weight is 355 g/mol. The molecule has 0 aliphatic carbocycles. The molecule has 1 aliphatic heterocycles. The van der Waals surface area contributed by atoms with Gasteiger partial charge in [-0.3, -0.25) is 14.4 Å². The molecule has 1 saturated heterocycles. The number of hydrogen-bond acceptors (Lipinski definition) is 3. The Bertz CT molecular complexity index is 869. The van der Waals surface area contributed by atoms with Crippen LogP contribution < -0.4 is 15.5 Å². The van der Waals surface area contributed by atoms with E-state index in [0.717, 1.165) is 0 Å². The van der Waals surface area contributed by atoms with Crippen molar-refractivity contribution in [2.45, 2.75) is 6.42 Å². The van der Waals surface area contributed by atoms with E-state index < -0.39 is 11.7 Å². The first-order chi connectivity index (χ1) is 12.5. The maximum absolute atomic E-state index is 13.9. The van der Waals surface area contributed by atoms with Crippen LogP contribution in [0.3, 0.4) is 0 Å². The van der Waals surface area contributed by atoms with Gasteiger partial charge in [0.25, 0.3) is 5.91 Å². The molecule has 7 heteroatoms. The van der Waals surface area contributed by atoms with Crippen LogP contribution in [-0.2, 0) is 9.59 Å². The van der Waals surface area contributed by atoms with Crippen LogP contribution in [0.25, 0.3) is 0 Å². The first-order valence-electron chi connectivity index (χ1n) is 8.18. The van der Waals surface area contributed by atoms with Gasteiger partial charge in [-0.15, -0.1) is 0 Å². The van der Waals surface area contributed by atoms with Gasteiger partial charge in [-0.2, -0.15) is 0 Å². The lowest BCUT2D eigenvalue weighted by atomic mass is 10.1. The molecule has 1 atom stereocenters. The van der Waals surface area contributed by atoms with Gasteiger partial charge < -0.3 is 15.5 Å². The first-order valence-corrected chi connectivity index (χ1v) is 8.18. The SMILES string of the molecule is CNC(=O)c1ccccc1NC(=O)[C@@H]1CC(=O)N(c2ccccc2F)C1. The Kier molecular flexibility index (Phi) is 4.97. The zero-order valence-corrected chi connectivity index (χ0v) is 14.2. The van der Waals surface area contributed by atoms with Crippen LogP contribution in [0, 0.1) is 11.7 Å². The molecular weight excluding hydrogens is 337 g/mol. The van der Waals surface area contributed by atoms with Crippen molar-refractivity contribution in [2.75, 3.05) is 23.8 Å². The van der Waals surface area contributed by atoms with E-state index in [2.05, 4.69) is 10.6 Å². The third-order valence-corrected chi connectivity index (χ3v) is 4.30. The highest BCUT2D eigenvalue weighted by molar-refractivity contribution is 6.07. The average Bonchev–Trinajstić information content (AvgIpc) is 3.03. The number of nitrogens with zero attached hydrogens (tertiary/aromatic N) is 1. The number of halogens is 1. The normalized spacial score (nSPS) is 16.5. The molecule has 0 aromatic heterocycles. The molecular formula is C19H18FN3O3. The van der Waals surface area contributed by atoms with Gasteiger partial charge in [0.05, 0.1) is 22.9 Å². The lowest BCUT2D eigenvalue weighted by molar-refractivity contribution is -0.122. The smallest absolute Gasteiger partial charge is 0.253 e. The third-order valence-electron chi connectivity index (χ3n) is 4.30. The van der Waals surface area contributed by atoms with Gasteiger partial charge in [-0.25, -0.2) is 4.39 Å². The highest BCUT2D eigenvalue weighted by atomic mass is 19.1. The summed E-state index contributed by atoms with van der Waals surface area (Å²) in [4.78, 5) is 38.0. The van der Waals surface area contributed by atoms with E-state index in [1.165, 1.54) is 24.1 Å². The lowest BCUT2D eigenvalue weighted by Crippen LogP contribution is -2.29. The predicted molar refractivity (Wildman–Crippen MR) is 95.3 cm³/mol. The summed E-state index contributed by atoms with van der Waals surface area (Å²) < 4.78 is 13.9. The molecule has 0 saturated carbocycles. The fourth-order valence-electron chi connectivity index (χ4n) is 2.95. The van der Waals surface area contributed by atoms with Gasteiger partial charge in [0, 0.05) is 20.0 Å². The van der Waals surface area contributed by atoms with E-state index in [1.807, 2.05) is 0 Å². The van der Waals surface area contributed by atoms with E-state index in [4.69, 9.17) is 0 Å². The molecule has 0 bridgehead atoms.